The Kier molecular flexibility index (Phi) is 3.55. The molecule has 1 aliphatic carbocycles. The summed E-state index contributed by atoms with van der Waals surface area (Å²) in [5, 5.41) is 4.02. The first-order valence-corrected chi connectivity index (χ1v) is 6.54. The molecule has 1 fully saturated rings. The van der Waals surface area contributed by atoms with E-state index in [0.29, 0.717) is 27.2 Å². The number of hydrogen-bond donors (Lipinski definition) is 1. The molecule has 0 heterocycles. The molecule has 4 heteroatoms. The second kappa shape index (κ2) is 4.66. The minimum Gasteiger partial charge on any atom is -0.380 e. The normalized spacial score (nSPS) is 22.8. The van der Waals surface area contributed by atoms with Gasteiger partial charge in [-0.15, -0.1) is 0 Å². The van der Waals surface area contributed by atoms with Gasteiger partial charge in [0.15, 0.2) is 0 Å². The molecule has 1 atom stereocenters. The molecule has 94 valence electrons. The Balaban J connectivity index is 2.15. The first-order chi connectivity index (χ1) is 7.87. The number of rotatable bonds is 2. The fourth-order valence-corrected chi connectivity index (χ4v) is 3.01. The summed E-state index contributed by atoms with van der Waals surface area (Å²) in [4.78, 5) is 0. The zero-order valence-corrected chi connectivity index (χ0v) is 11.5. The van der Waals surface area contributed by atoms with Crippen molar-refractivity contribution in [2.24, 2.45) is 5.41 Å². The van der Waals surface area contributed by atoms with Gasteiger partial charge in [0.1, 0.15) is 5.82 Å². The van der Waals surface area contributed by atoms with E-state index in [-0.39, 0.29) is 0 Å². The Morgan fingerprint density at radius 3 is 2.35 bits per heavy atom. The van der Waals surface area contributed by atoms with E-state index in [9.17, 15) is 4.39 Å². The van der Waals surface area contributed by atoms with Crippen LogP contribution in [0.2, 0.25) is 10.0 Å². The fourth-order valence-electron chi connectivity index (χ4n) is 2.44. The number of hydrogen-bond acceptors (Lipinski definition) is 1. The Labute approximate surface area is 111 Å². The largest absolute Gasteiger partial charge is 0.380 e. The second-order valence-electron chi connectivity index (χ2n) is 5.49. The van der Waals surface area contributed by atoms with E-state index in [0.717, 1.165) is 12.8 Å². The van der Waals surface area contributed by atoms with E-state index < -0.39 is 5.82 Å². The van der Waals surface area contributed by atoms with Crippen molar-refractivity contribution >= 4 is 28.9 Å². The molecule has 0 radical (unpaired) electrons. The average Bonchev–Trinajstić information content (AvgIpc) is 2.52. The van der Waals surface area contributed by atoms with Crippen LogP contribution in [0, 0.1) is 11.2 Å². The summed E-state index contributed by atoms with van der Waals surface area (Å²) in [6.07, 6.45) is 3.36. The molecule has 1 unspecified atom stereocenters. The first-order valence-electron chi connectivity index (χ1n) is 5.78. The molecule has 2 rings (SSSR count). The van der Waals surface area contributed by atoms with Gasteiger partial charge >= 0.3 is 0 Å². The summed E-state index contributed by atoms with van der Waals surface area (Å²) in [7, 11) is 0. The molecule has 0 aromatic heterocycles. The Morgan fingerprint density at radius 1 is 1.29 bits per heavy atom. The Morgan fingerprint density at radius 2 is 1.88 bits per heavy atom. The summed E-state index contributed by atoms with van der Waals surface area (Å²) in [5.41, 5.74) is 1.01. The highest BCUT2D eigenvalue weighted by Crippen LogP contribution is 2.40. The molecular weight excluding hydrogens is 260 g/mol. The first kappa shape index (κ1) is 13.0. The van der Waals surface area contributed by atoms with E-state index in [2.05, 4.69) is 19.2 Å². The molecule has 17 heavy (non-hydrogen) atoms. The van der Waals surface area contributed by atoms with Crippen molar-refractivity contribution < 1.29 is 4.39 Å². The summed E-state index contributed by atoms with van der Waals surface area (Å²) >= 11 is 12.0. The molecular formula is C13H16Cl2FN. The monoisotopic (exact) mass is 275 g/mol. The maximum Gasteiger partial charge on any atom is 0.126 e. The van der Waals surface area contributed by atoms with Crippen molar-refractivity contribution in [1.82, 2.24) is 0 Å². The molecule has 0 aliphatic heterocycles. The molecule has 0 saturated heterocycles. The SMILES string of the molecule is CC1(C)CCC(Nc2c(Cl)cc(F)cc2Cl)C1. The maximum atomic E-state index is 13.0. The van der Waals surface area contributed by atoms with Gasteiger partial charge in [-0.05, 0) is 36.8 Å². The molecule has 1 aromatic rings. The zero-order valence-electron chi connectivity index (χ0n) is 9.99. The van der Waals surface area contributed by atoms with Crippen molar-refractivity contribution in [2.75, 3.05) is 5.32 Å². The van der Waals surface area contributed by atoms with Gasteiger partial charge in [0.25, 0.3) is 0 Å². The summed E-state index contributed by atoms with van der Waals surface area (Å²) < 4.78 is 13.0. The van der Waals surface area contributed by atoms with Crippen LogP contribution in [0.1, 0.15) is 33.1 Å². The zero-order chi connectivity index (χ0) is 12.6. The molecule has 1 nitrogen and oxygen atoms in total. The molecule has 0 bridgehead atoms. The van der Waals surface area contributed by atoms with Crippen LogP contribution in [0.5, 0.6) is 0 Å². The molecule has 1 aromatic carbocycles. The van der Waals surface area contributed by atoms with Crippen LogP contribution in [-0.2, 0) is 0 Å². The highest BCUT2D eigenvalue weighted by atomic mass is 35.5. The van der Waals surface area contributed by atoms with Crippen LogP contribution in [0.3, 0.4) is 0 Å². The van der Waals surface area contributed by atoms with Gasteiger partial charge in [-0.1, -0.05) is 37.0 Å². The third kappa shape index (κ3) is 3.05. The van der Waals surface area contributed by atoms with Crippen molar-refractivity contribution in [3.63, 3.8) is 0 Å². The molecule has 0 spiro atoms. The smallest absolute Gasteiger partial charge is 0.126 e. The van der Waals surface area contributed by atoms with Gasteiger partial charge in [-0.3, -0.25) is 0 Å². The van der Waals surface area contributed by atoms with Crippen molar-refractivity contribution in [2.45, 2.75) is 39.2 Å². The average molecular weight is 276 g/mol. The Hall–Kier alpha value is -0.470. The third-order valence-corrected chi connectivity index (χ3v) is 3.92. The third-order valence-electron chi connectivity index (χ3n) is 3.32. The van der Waals surface area contributed by atoms with Crippen LogP contribution in [0.25, 0.3) is 0 Å². The van der Waals surface area contributed by atoms with Crippen LogP contribution in [-0.4, -0.2) is 6.04 Å². The quantitative estimate of drug-likeness (QED) is 0.790. The van der Waals surface area contributed by atoms with Crippen LogP contribution in [0.15, 0.2) is 12.1 Å². The highest BCUT2D eigenvalue weighted by Gasteiger charge is 2.31. The van der Waals surface area contributed by atoms with Gasteiger partial charge < -0.3 is 5.32 Å². The highest BCUT2D eigenvalue weighted by molar-refractivity contribution is 6.39. The van der Waals surface area contributed by atoms with E-state index in [1.165, 1.54) is 18.6 Å². The number of nitrogens with one attached hydrogen (secondary N) is 1. The lowest BCUT2D eigenvalue weighted by Gasteiger charge is -2.20. The van der Waals surface area contributed by atoms with Crippen LogP contribution >= 0.6 is 23.2 Å². The topological polar surface area (TPSA) is 12.0 Å². The van der Waals surface area contributed by atoms with Gasteiger partial charge in [0.2, 0.25) is 0 Å². The lowest BCUT2D eigenvalue weighted by atomic mass is 9.92. The molecule has 1 aliphatic rings. The number of anilines is 1. The Bertz CT molecular complexity index is 408. The van der Waals surface area contributed by atoms with Gasteiger partial charge in [-0.2, -0.15) is 0 Å². The summed E-state index contributed by atoms with van der Waals surface area (Å²) in [6.45, 7) is 4.51. The lowest BCUT2D eigenvalue weighted by molar-refractivity contribution is 0.378. The van der Waals surface area contributed by atoms with Gasteiger partial charge in [0, 0.05) is 6.04 Å². The molecule has 1 saturated carbocycles. The maximum absolute atomic E-state index is 13.0. The van der Waals surface area contributed by atoms with Crippen LogP contribution in [0.4, 0.5) is 10.1 Å². The van der Waals surface area contributed by atoms with E-state index in [4.69, 9.17) is 23.2 Å². The van der Waals surface area contributed by atoms with Gasteiger partial charge in [0.05, 0.1) is 15.7 Å². The standard InChI is InChI=1S/C13H16Cl2FN/c1-13(2)4-3-9(7-13)17-12-10(14)5-8(16)6-11(12)15/h5-6,9,17H,3-4,7H2,1-2H3. The van der Waals surface area contributed by atoms with E-state index in [1.54, 1.807) is 0 Å². The fraction of sp³-hybridized carbons (Fsp3) is 0.538. The minimum atomic E-state index is -0.405. The van der Waals surface area contributed by atoms with Crippen molar-refractivity contribution in [1.29, 1.82) is 0 Å². The summed E-state index contributed by atoms with van der Waals surface area (Å²) in [5.74, 6) is -0.405. The predicted octanol–water partition coefficient (Wildman–Crippen LogP) is 5.12. The number of benzene rings is 1. The van der Waals surface area contributed by atoms with E-state index >= 15 is 0 Å². The predicted molar refractivity (Wildman–Crippen MR) is 71.5 cm³/mol. The van der Waals surface area contributed by atoms with E-state index in [1.807, 2.05) is 0 Å². The second-order valence-corrected chi connectivity index (χ2v) is 6.31. The summed E-state index contributed by atoms with van der Waals surface area (Å²) in [6, 6.07) is 2.94. The van der Waals surface area contributed by atoms with Crippen LogP contribution < -0.4 is 5.32 Å². The van der Waals surface area contributed by atoms with Crippen molar-refractivity contribution in [3.05, 3.63) is 28.0 Å². The number of halogens is 3. The molecule has 1 N–H and O–H groups in total. The van der Waals surface area contributed by atoms with Gasteiger partial charge in [-0.25, -0.2) is 4.39 Å². The molecule has 0 amide bonds. The lowest BCUT2D eigenvalue weighted by Crippen LogP contribution is -2.18. The minimum absolute atomic E-state index is 0.347. The van der Waals surface area contributed by atoms with Crippen molar-refractivity contribution in [3.8, 4) is 0 Å².